The molecule has 0 spiro atoms. The molecule has 3 aliphatic heterocycles. The van der Waals surface area contributed by atoms with Crippen LogP contribution in [-0.2, 0) is 9.53 Å². The van der Waals surface area contributed by atoms with Gasteiger partial charge >= 0.3 is 0 Å². The summed E-state index contributed by atoms with van der Waals surface area (Å²) < 4.78 is 34.6. The molecule has 2 aromatic rings. The summed E-state index contributed by atoms with van der Waals surface area (Å²) in [4.78, 5) is 17.7. The van der Waals surface area contributed by atoms with Gasteiger partial charge in [0, 0.05) is 55.7 Å². The lowest BCUT2D eigenvalue weighted by Gasteiger charge is -2.21. The fourth-order valence-electron chi connectivity index (χ4n) is 4.74. The van der Waals surface area contributed by atoms with Crippen LogP contribution < -0.4 is 0 Å². The molecule has 1 aromatic heterocycles. The van der Waals surface area contributed by atoms with Crippen LogP contribution in [0.3, 0.4) is 0 Å². The minimum Gasteiger partial charge on any atom is -0.373 e. The second kappa shape index (κ2) is 9.17. The number of likely N-dealkylation sites (tertiary alicyclic amines) is 1. The lowest BCUT2D eigenvalue weighted by Crippen LogP contribution is -2.26. The van der Waals surface area contributed by atoms with Crippen LogP contribution >= 0.6 is 0 Å². The first-order valence-corrected chi connectivity index (χ1v) is 11.6. The van der Waals surface area contributed by atoms with Gasteiger partial charge in [0.25, 0.3) is 0 Å². The highest BCUT2D eigenvalue weighted by molar-refractivity contribution is 6.07. The first-order valence-electron chi connectivity index (χ1n) is 11.6. The fraction of sp³-hybridized carbons (Fsp3) is 0.480. The van der Waals surface area contributed by atoms with Crippen molar-refractivity contribution in [3.05, 3.63) is 65.6 Å². The molecule has 1 saturated carbocycles. The molecule has 0 radical (unpaired) electrons. The summed E-state index contributed by atoms with van der Waals surface area (Å²) in [5.74, 6) is -1.71. The third-order valence-electron chi connectivity index (χ3n) is 6.72. The second-order valence-corrected chi connectivity index (χ2v) is 9.17. The summed E-state index contributed by atoms with van der Waals surface area (Å²) in [6.07, 6.45) is 14.0. The molecule has 3 atom stereocenters. The van der Waals surface area contributed by atoms with Crippen LogP contribution in [0.15, 0.2) is 47.9 Å². The van der Waals surface area contributed by atoms with E-state index in [1.807, 2.05) is 6.20 Å². The molecular weight excluding hydrogens is 426 g/mol. The molecule has 33 heavy (non-hydrogen) atoms. The van der Waals surface area contributed by atoms with Crippen molar-refractivity contribution in [1.82, 2.24) is 14.7 Å². The lowest BCUT2D eigenvalue weighted by molar-refractivity contribution is -0.128. The van der Waals surface area contributed by atoms with E-state index in [2.05, 4.69) is 21.0 Å². The number of rotatable bonds is 3. The van der Waals surface area contributed by atoms with Gasteiger partial charge in [-0.15, -0.1) is 0 Å². The van der Waals surface area contributed by atoms with Crippen molar-refractivity contribution in [2.45, 2.75) is 44.2 Å². The summed E-state index contributed by atoms with van der Waals surface area (Å²) in [5.41, 5.74) is 2.06. The van der Waals surface area contributed by atoms with Gasteiger partial charge in [-0.25, -0.2) is 8.78 Å². The van der Waals surface area contributed by atoms with Crippen LogP contribution in [0.2, 0.25) is 0 Å². The zero-order chi connectivity index (χ0) is 22.9. The maximum absolute atomic E-state index is 13.8. The van der Waals surface area contributed by atoms with Crippen molar-refractivity contribution in [2.24, 2.45) is 16.8 Å². The van der Waals surface area contributed by atoms with E-state index in [1.165, 1.54) is 49.6 Å². The fourth-order valence-corrected chi connectivity index (χ4v) is 4.74. The summed E-state index contributed by atoms with van der Waals surface area (Å²) in [7, 11) is 1.72. The first kappa shape index (κ1) is 21.9. The Bertz CT molecular complexity index is 1090. The number of carbonyl (C=O) groups is 1. The van der Waals surface area contributed by atoms with E-state index in [4.69, 9.17) is 4.74 Å². The van der Waals surface area contributed by atoms with Gasteiger partial charge in [0.2, 0.25) is 5.91 Å². The molecule has 4 heterocycles. The molecule has 2 saturated heterocycles. The van der Waals surface area contributed by atoms with E-state index in [-0.39, 0.29) is 23.3 Å². The van der Waals surface area contributed by atoms with Crippen LogP contribution in [-0.4, -0.2) is 46.5 Å². The van der Waals surface area contributed by atoms with E-state index in [0.717, 1.165) is 19.1 Å². The van der Waals surface area contributed by atoms with Crippen molar-refractivity contribution in [1.29, 1.82) is 0 Å². The standard InChI is InChI=1S/C14H12F2N2O.C11H16N2O/c1-18-7-11-9(14(18)19)4-5-17-13(11)10-3-2-8(15)6-12(10)16;1-2-6-14-11(3-1)9-7-12-13(8-9)10-4-5-10/h2-6,9,11H,7H2,1H3;7-8,10-11H,1-6H2/t;11-/m.1/s1. The summed E-state index contributed by atoms with van der Waals surface area (Å²) in [6.45, 7) is 1.42. The van der Waals surface area contributed by atoms with Crippen LogP contribution in [0.4, 0.5) is 8.78 Å². The molecule has 6 rings (SSSR count). The predicted molar refractivity (Wildman–Crippen MR) is 120 cm³/mol. The molecule has 6 nitrogen and oxygen atoms in total. The van der Waals surface area contributed by atoms with E-state index >= 15 is 0 Å². The summed E-state index contributed by atoms with van der Waals surface area (Å²) in [6, 6.07) is 4.11. The summed E-state index contributed by atoms with van der Waals surface area (Å²) >= 11 is 0. The lowest BCUT2D eigenvalue weighted by atomic mass is 9.85. The van der Waals surface area contributed by atoms with Crippen LogP contribution in [0, 0.1) is 23.5 Å². The number of carbonyl (C=O) groups excluding carboxylic acids is 1. The number of hydrogen-bond donors (Lipinski definition) is 0. The van der Waals surface area contributed by atoms with Crippen molar-refractivity contribution >= 4 is 11.6 Å². The molecule has 4 aliphatic rings. The van der Waals surface area contributed by atoms with Crippen molar-refractivity contribution in [3.8, 4) is 0 Å². The van der Waals surface area contributed by atoms with Gasteiger partial charge in [-0.05, 0) is 44.2 Å². The Morgan fingerprint density at radius 1 is 1.15 bits per heavy atom. The van der Waals surface area contributed by atoms with Crippen LogP contribution in [0.1, 0.15) is 55.4 Å². The maximum atomic E-state index is 13.8. The minimum atomic E-state index is -0.644. The average Bonchev–Trinajstić information content (AvgIpc) is 3.48. The minimum absolute atomic E-state index is 0.0103. The zero-order valence-electron chi connectivity index (χ0n) is 18.7. The number of amides is 1. The molecule has 1 aliphatic carbocycles. The Hall–Kier alpha value is -2.87. The highest BCUT2D eigenvalue weighted by Gasteiger charge is 2.41. The van der Waals surface area contributed by atoms with E-state index < -0.39 is 11.6 Å². The Morgan fingerprint density at radius 3 is 2.73 bits per heavy atom. The number of nitrogens with zero attached hydrogens (tertiary/aromatic N) is 4. The highest BCUT2D eigenvalue weighted by Crippen LogP contribution is 2.36. The van der Waals surface area contributed by atoms with Gasteiger partial charge in [0.15, 0.2) is 0 Å². The first-order chi connectivity index (χ1) is 16.0. The van der Waals surface area contributed by atoms with Gasteiger partial charge < -0.3 is 9.64 Å². The van der Waals surface area contributed by atoms with Gasteiger partial charge in [0.1, 0.15) is 11.6 Å². The van der Waals surface area contributed by atoms with Gasteiger partial charge in [-0.1, -0.05) is 6.08 Å². The topological polar surface area (TPSA) is 59.7 Å². The normalized spacial score (nSPS) is 26.5. The average molecular weight is 455 g/mol. The van der Waals surface area contributed by atoms with E-state index in [1.54, 1.807) is 18.0 Å². The van der Waals surface area contributed by atoms with Gasteiger partial charge in [-0.2, -0.15) is 5.10 Å². The molecule has 1 amide bonds. The predicted octanol–water partition coefficient (Wildman–Crippen LogP) is 4.45. The number of halogens is 2. The largest absolute Gasteiger partial charge is 0.373 e. The SMILES string of the molecule is CN1CC2C(c3ccc(F)cc3F)=NC=CC2C1=O.c1nn(C2CC2)cc1[C@H]1CCCCO1. The Labute approximate surface area is 191 Å². The summed E-state index contributed by atoms with van der Waals surface area (Å²) in [5, 5.41) is 4.39. The van der Waals surface area contributed by atoms with Gasteiger partial charge in [-0.3, -0.25) is 14.5 Å². The third kappa shape index (κ3) is 4.62. The maximum Gasteiger partial charge on any atom is 0.230 e. The van der Waals surface area contributed by atoms with Crippen molar-refractivity contribution in [3.63, 3.8) is 0 Å². The molecule has 2 unspecified atom stereocenters. The highest BCUT2D eigenvalue weighted by atomic mass is 19.1. The quantitative estimate of drug-likeness (QED) is 0.689. The number of benzene rings is 1. The second-order valence-electron chi connectivity index (χ2n) is 9.17. The molecule has 0 N–H and O–H groups in total. The molecule has 8 heteroatoms. The van der Waals surface area contributed by atoms with Gasteiger partial charge in [0.05, 0.1) is 30.0 Å². The third-order valence-corrected chi connectivity index (χ3v) is 6.72. The Morgan fingerprint density at radius 2 is 2.00 bits per heavy atom. The number of ether oxygens (including phenoxy) is 1. The molecule has 3 fully saturated rings. The number of fused-ring (bicyclic) bond motifs is 1. The molecule has 0 bridgehead atoms. The van der Waals surface area contributed by atoms with Crippen molar-refractivity contribution in [2.75, 3.05) is 20.2 Å². The zero-order valence-corrected chi connectivity index (χ0v) is 18.7. The Balaban J connectivity index is 0.000000144. The number of hydrogen-bond acceptors (Lipinski definition) is 4. The smallest absolute Gasteiger partial charge is 0.230 e. The monoisotopic (exact) mass is 454 g/mol. The molecule has 174 valence electrons. The van der Waals surface area contributed by atoms with Crippen LogP contribution in [0.25, 0.3) is 0 Å². The molecular formula is C25H28F2N4O2. The van der Waals surface area contributed by atoms with Crippen molar-refractivity contribution < 1.29 is 18.3 Å². The number of aromatic nitrogens is 2. The van der Waals surface area contributed by atoms with E-state index in [9.17, 15) is 13.6 Å². The van der Waals surface area contributed by atoms with E-state index in [0.29, 0.717) is 24.4 Å². The molecule has 1 aromatic carbocycles. The number of aliphatic imine (C=N–C) groups is 1. The van der Waals surface area contributed by atoms with Crippen LogP contribution in [0.5, 0.6) is 0 Å². The Kier molecular flexibility index (Phi) is 6.10.